The number of amides is 1. The topological polar surface area (TPSA) is 49.8 Å². The molecule has 4 nitrogen and oxygen atoms in total. The minimum atomic E-state index is -0.779. The Morgan fingerprint density at radius 2 is 2.13 bits per heavy atom. The Morgan fingerprint density at radius 1 is 1.47 bits per heavy atom. The molecule has 0 unspecified atom stereocenters. The van der Waals surface area contributed by atoms with Crippen molar-refractivity contribution in [2.75, 3.05) is 6.54 Å². The molecule has 0 aliphatic rings. The zero-order valence-corrected chi connectivity index (χ0v) is 8.30. The molecule has 0 saturated heterocycles. The minimum Gasteiger partial charge on any atom is -0.298 e. The molecule has 1 aromatic carbocycles. The molecular formula is C11H13NO3. The number of nitrogens with zero attached hydrogens (tertiary/aromatic N) is 1. The molecule has 0 aromatic heterocycles. The Hall–Kier alpha value is -1.81. The number of rotatable bonds is 4. The van der Waals surface area contributed by atoms with Gasteiger partial charge in [0.2, 0.25) is 0 Å². The molecule has 0 heterocycles. The van der Waals surface area contributed by atoms with Crippen molar-refractivity contribution in [2.24, 2.45) is 0 Å². The zero-order valence-electron chi connectivity index (χ0n) is 8.30. The van der Waals surface area contributed by atoms with E-state index in [4.69, 9.17) is 5.26 Å². The predicted octanol–water partition coefficient (Wildman–Crippen LogP) is 2.28. The van der Waals surface area contributed by atoms with Crippen LogP contribution in [0.5, 0.6) is 0 Å². The molecule has 1 rings (SSSR count). The van der Waals surface area contributed by atoms with Crippen LogP contribution in [0.1, 0.15) is 5.56 Å². The van der Waals surface area contributed by atoms with Gasteiger partial charge in [-0.15, -0.1) is 6.58 Å². The lowest BCUT2D eigenvalue weighted by Crippen LogP contribution is -2.30. The van der Waals surface area contributed by atoms with Gasteiger partial charge in [0.15, 0.2) is 0 Å². The highest BCUT2D eigenvalue weighted by atomic mass is 17.1. The lowest BCUT2D eigenvalue weighted by molar-refractivity contribution is -0.188. The Labute approximate surface area is 88.3 Å². The monoisotopic (exact) mass is 207 g/mol. The SMILES string of the molecule is C=CCN(Cc1ccccc1)C(=O)OO. The molecule has 0 radical (unpaired) electrons. The second kappa shape index (κ2) is 5.82. The average Bonchev–Trinajstić information content (AvgIpc) is 2.29. The second-order valence-electron chi connectivity index (χ2n) is 3.01. The van der Waals surface area contributed by atoms with Crippen molar-refractivity contribution < 1.29 is 14.9 Å². The second-order valence-corrected chi connectivity index (χ2v) is 3.01. The molecule has 0 bridgehead atoms. The van der Waals surface area contributed by atoms with Gasteiger partial charge in [-0.3, -0.25) is 9.79 Å². The first-order chi connectivity index (χ1) is 7.27. The molecule has 0 aliphatic carbocycles. The van der Waals surface area contributed by atoms with Gasteiger partial charge in [-0.1, -0.05) is 36.4 Å². The summed E-state index contributed by atoms with van der Waals surface area (Å²) in [5, 5.41) is 8.28. The molecule has 1 aromatic rings. The Balaban J connectivity index is 2.66. The van der Waals surface area contributed by atoms with E-state index in [1.54, 1.807) is 6.08 Å². The summed E-state index contributed by atoms with van der Waals surface area (Å²) < 4.78 is 0. The first-order valence-electron chi connectivity index (χ1n) is 4.53. The maximum atomic E-state index is 11.1. The van der Waals surface area contributed by atoms with Crippen LogP contribution in [0.15, 0.2) is 43.0 Å². The highest BCUT2D eigenvalue weighted by molar-refractivity contribution is 5.67. The van der Waals surface area contributed by atoms with Crippen LogP contribution < -0.4 is 0 Å². The molecule has 80 valence electrons. The summed E-state index contributed by atoms with van der Waals surface area (Å²) in [5.74, 6) is 0. The Kier molecular flexibility index (Phi) is 4.37. The number of carbonyl (C=O) groups is 1. The number of benzene rings is 1. The van der Waals surface area contributed by atoms with E-state index in [1.807, 2.05) is 30.3 Å². The van der Waals surface area contributed by atoms with Crippen molar-refractivity contribution >= 4 is 6.09 Å². The maximum Gasteiger partial charge on any atom is 0.441 e. The summed E-state index contributed by atoms with van der Waals surface area (Å²) in [6.07, 6.45) is 0.790. The van der Waals surface area contributed by atoms with Gasteiger partial charge >= 0.3 is 6.09 Å². The fourth-order valence-corrected chi connectivity index (χ4v) is 1.22. The average molecular weight is 207 g/mol. The number of hydrogen-bond acceptors (Lipinski definition) is 3. The summed E-state index contributed by atoms with van der Waals surface area (Å²) in [7, 11) is 0. The minimum absolute atomic E-state index is 0.328. The zero-order chi connectivity index (χ0) is 11.1. The van der Waals surface area contributed by atoms with Crippen LogP contribution in [0.25, 0.3) is 0 Å². The Morgan fingerprint density at radius 3 is 2.67 bits per heavy atom. The first-order valence-corrected chi connectivity index (χ1v) is 4.53. The highest BCUT2D eigenvalue weighted by Gasteiger charge is 2.13. The van der Waals surface area contributed by atoms with E-state index in [0.29, 0.717) is 13.1 Å². The van der Waals surface area contributed by atoms with Gasteiger partial charge in [0.1, 0.15) is 0 Å². The van der Waals surface area contributed by atoms with Gasteiger partial charge in [-0.05, 0) is 5.56 Å². The third kappa shape index (κ3) is 3.44. The van der Waals surface area contributed by atoms with E-state index < -0.39 is 6.09 Å². The molecule has 0 atom stereocenters. The van der Waals surface area contributed by atoms with Crippen LogP contribution in [0, 0.1) is 0 Å². The van der Waals surface area contributed by atoms with Crippen molar-refractivity contribution in [3.63, 3.8) is 0 Å². The lowest BCUT2D eigenvalue weighted by Gasteiger charge is -2.17. The van der Waals surface area contributed by atoms with Crippen LogP contribution in [-0.4, -0.2) is 22.8 Å². The quantitative estimate of drug-likeness (QED) is 0.468. The van der Waals surface area contributed by atoms with Crippen LogP contribution >= 0.6 is 0 Å². The highest BCUT2D eigenvalue weighted by Crippen LogP contribution is 2.05. The van der Waals surface area contributed by atoms with Gasteiger partial charge in [0.05, 0.1) is 0 Å². The van der Waals surface area contributed by atoms with Gasteiger partial charge < -0.3 is 0 Å². The molecule has 0 fully saturated rings. The maximum absolute atomic E-state index is 11.1. The Bertz CT molecular complexity index is 324. The van der Waals surface area contributed by atoms with E-state index in [2.05, 4.69) is 11.5 Å². The molecule has 1 amide bonds. The third-order valence-corrected chi connectivity index (χ3v) is 1.90. The van der Waals surface area contributed by atoms with Crippen molar-refractivity contribution in [1.82, 2.24) is 4.90 Å². The van der Waals surface area contributed by atoms with Gasteiger partial charge in [-0.25, -0.2) is 4.79 Å². The van der Waals surface area contributed by atoms with Crippen molar-refractivity contribution in [2.45, 2.75) is 6.54 Å². The van der Waals surface area contributed by atoms with Crippen molar-refractivity contribution in [3.8, 4) is 0 Å². The normalized spacial score (nSPS) is 9.40. The molecule has 0 saturated carbocycles. The van der Waals surface area contributed by atoms with E-state index in [9.17, 15) is 4.79 Å². The molecule has 0 spiro atoms. The van der Waals surface area contributed by atoms with Crippen LogP contribution in [0.4, 0.5) is 4.79 Å². The lowest BCUT2D eigenvalue weighted by atomic mass is 10.2. The molecule has 1 N–H and O–H groups in total. The van der Waals surface area contributed by atoms with Crippen molar-refractivity contribution in [1.29, 1.82) is 0 Å². The van der Waals surface area contributed by atoms with Crippen LogP contribution in [0.3, 0.4) is 0 Å². The molecule has 15 heavy (non-hydrogen) atoms. The predicted molar refractivity (Wildman–Crippen MR) is 56.2 cm³/mol. The molecule has 0 aliphatic heterocycles. The van der Waals surface area contributed by atoms with E-state index in [0.717, 1.165) is 5.56 Å². The summed E-state index contributed by atoms with van der Waals surface area (Å²) >= 11 is 0. The van der Waals surface area contributed by atoms with Gasteiger partial charge in [0.25, 0.3) is 0 Å². The standard InChI is InChI=1S/C11H13NO3/c1-2-8-12(11(13)15-14)9-10-6-4-3-5-7-10/h2-7,14H,1,8-9H2. The third-order valence-electron chi connectivity index (χ3n) is 1.90. The first kappa shape index (κ1) is 11.3. The smallest absolute Gasteiger partial charge is 0.298 e. The van der Waals surface area contributed by atoms with E-state index in [1.165, 1.54) is 4.90 Å². The molecule has 4 heteroatoms. The van der Waals surface area contributed by atoms with E-state index >= 15 is 0 Å². The molecular weight excluding hydrogens is 194 g/mol. The van der Waals surface area contributed by atoms with Gasteiger partial charge in [0, 0.05) is 13.1 Å². The van der Waals surface area contributed by atoms with Crippen molar-refractivity contribution in [3.05, 3.63) is 48.6 Å². The number of hydrogen-bond donors (Lipinski definition) is 1. The summed E-state index contributed by atoms with van der Waals surface area (Å²) in [6.45, 7) is 4.24. The summed E-state index contributed by atoms with van der Waals surface area (Å²) in [4.78, 5) is 16.1. The number of carbonyl (C=O) groups excluding carboxylic acids is 1. The van der Waals surface area contributed by atoms with Crippen LogP contribution in [-0.2, 0) is 11.4 Å². The summed E-state index contributed by atoms with van der Waals surface area (Å²) in [6, 6.07) is 9.44. The fourth-order valence-electron chi connectivity index (χ4n) is 1.22. The van der Waals surface area contributed by atoms with E-state index in [-0.39, 0.29) is 0 Å². The fraction of sp³-hybridized carbons (Fsp3) is 0.182. The van der Waals surface area contributed by atoms with Crippen LogP contribution in [0.2, 0.25) is 0 Å². The summed E-state index contributed by atoms with van der Waals surface area (Å²) in [5.41, 5.74) is 0.963. The van der Waals surface area contributed by atoms with Gasteiger partial charge in [-0.2, -0.15) is 5.26 Å². The largest absolute Gasteiger partial charge is 0.441 e.